The predicted octanol–water partition coefficient (Wildman–Crippen LogP) is 1.53. The molecule has 24 heavy (non-hydrogen) atoms. The van der Waals surface area contributed by atoms with Crippen molar-refractivity contribution in [3.8, 4) is 0 Å². The normalized spacial score (nSPS) is 19.5. The molecule has 1 amide bonds. The molecule has 0 unspecified atom stereocenters. The number of rotatable bonds is 5. The summed E-state index contributed by atoms with van der Waals surface area (Å²) in [6.07, 6.45) is 1.39. The van der Waals surface area contributed by atoms with E-state index >= 15 is 0 Å². The minimum absolute atomic E-state index is 0.0849. The van der Waals surface area contributed by atoms with Gasteiger partial charge in [0.2, 0.25) is 15.9 Å². The van der Waals surface area contributed by atoms with Crippen LogP contribution in [0.4, 0.5) is 5.69 Å². The molecule has 7 heteroatoms. The molecule has 1 N–H and O–H groups in total. The second-order valence-electron chi connectivity index (χ2n) is 6.97. The smallest absolute Gasteiger partial charge is 0.243 e. The highest BCUT2D eigenvalue weighted by molar-refractivity contribution is 7.89. The zero-order valence-electron chi connectivity index (χ0n) is 14.3. The molecule has 1 fully saturated rings. The van der Waals surface area contributed by atoms with Crippen LogP contribution in [-0.4, -0.2) is 56.3 Å². The Labute approximate surface area is 143 Å². The minimum Gasteiger partial charge on any atom is -0.326 e. The van der Waals surface area contributed by atoms with Crippen molar-refractivity contribution in [1.29, 1.82) is 0 Å². The summed E-state index contributed by atoms with van der Waals surface area (Å²) in [5, 5.41) is 2.73. The fourth-order valence-electron chi connectivity index (χ4n) is 3.15. The molecular weight excluding hydrogens is 326 g/mol. The molecule has 0 aromatic heterocycles. The fraction of sp³-hybridized carbons (Fsp3) is 0.588. The van der Waals surface area contributed by atoms with Crippen LogP contribution in [0, 0.1) is 5.92 Å². The van der Waals surface area contributed by atoms with E-state index in [0.29, 0.717) is 19.0 Å². The summed E-state index contributed by atoms with van der Waals surface area (Å²) < 4.78 is 27.2. The third kappa shape index (κ3) is 3.63. The molecule has 0 radical (unpaired) electrons. The van der Waals surface area contributed by atoms with Crippen molar-refractivity contribution in [2.24, 2.45) is 5.92 Å². The third-order valence-corrected chi connectivity index (χ3v) is 6.59. The van der Waals surface area contributed by atoms with Crippen molar-refractivity contribution in [2.75, 3.05) is 38.0 Å². The van der Waals surface area contributed by atoms with Gasteiger partial charge in [-0.05, 0) is 42.6 Å². The third-order valence-electron chi connectivity index (χ3n) is 4.69. The van der Waals surface area contributed by atoms with Gasteiger partial charge in [0.25, 0.3) is 0 Å². The van der Waals surface area contributed by atoms with Gasteiger partial charge in [0, 0.05) is 31.9 Å². The van der Waals surface area contributed by atoms with Crippen molar-refractivity contribution in [2.45, 2.75) is 31.6 Å². The summed E-state index contributed by atoms with van der Waals surface area (Å²) in [6, 6.07) is 4.91. The van der Waals surface area contributed by atoms with Crippen LogP contribution in [-0.2, 0) is 21.2 Å². The van der Waals surface area contributed by atoms with E-state index in [0.717, 1.165) is 37.3 Å². The molecule has 132 valence electrons. The number of benzene rings is 1. The van der Waals surface area contributed by atoms with Gasteiger partial charge in [-0.3, -0.25) is 4.79 Å². The average Bonchev–Trinajstić information content (AvgIpc) is 2.92. The number of amides is 1. The number of fused-ring (bicyclic) bond motifs is 1. The van der Waals surface area contributed by atoms with E-state index in [4.69, 9.17) is 0 Å². The fourth-order valence-corrected chi connectivity index (χ4v) is 4.62. The first kappa shape index (κ1) is 17.4. The zero-order chi connectivity index (χ0) is 17.3. The Hall–Kier alpha value is -1.44. The summed E-state index contributed by atoms with van der Waals surface area (Å²) >= 11 is 0. The second-order valence-corrected chi connectivity index (χ2v) is 8.91. The van der Waals surface area contributed by atoms with Gasteiger partial charge in [-0.2, -0.15) is 4.31 Å². The molecule has 2 aliphatic rings. The maximum atomic E-state index is 12.8. The molecule has 1 aromatic rings. The largest absolute Gasteiger partial charge is 0.326 e. The van der Waals surface area contributed by atoms with Crippen molar-refractivity contribution in [3.63, 3.8) is 0 Å². The molecule has 1 saturated heterocycles. The van der Waals surface area contributed by atoms with Gasteiger partial charge >= 0.3 is 0 Å². The minimum atomic E-state index is -3.49. The molecular formula is C17H25N3O3S. The Morgan fingerprint density at radius 3 is 2.54 bits per heavy atom. The SMILES string of the molecule is CC(C)CCN1CCN(S(=O)(=O)c2ccc3c(c2)CC(=O)N3)CC1. The molecule has 0 atom stereocenters. The first-order valence-corrected chi connectivity index (χ1v) is 9.95. The Bertz CT molecular complexity index is 723. The maximum absolute atomic E-state index is 12.8. The van der Waals surface area contributed by atoms with Gasteiger partial charge in [-0.25, -0.2) is 8.42 Å². The number of nitrogens with zero attached hydrogens (tertiary/aromatic N) is 2. The van der Waals surface area contributed by atoms with E-state index in [1.165, 1.54) is 0 Å². The lowest BCUT2D eigenvalue weighted by Gasteiger charge is -2.34. The van der Waals surface area contributed by atoms with Gasteiger partial charge in [0.1, 0.15) is 0 Å². The van der Waals surface area contributed by atoms with Crippen LogP contribution in [0.25, 0.3) is 0 Å². The van der Waals surface area contributed by atoms with E-state index in [9.17, 15) is 13.2 Å². The average molecular weight is 351 g/mol. The van der Waals surface area contributed by atoms with E-state index in [2.05, 4.69) is 24.1 Å². The first-order chi connectivity index (χ1) is 11.4. The van der Waals surface area contributed by atoms with E-state index in [1.54, 1.807) is 22.5 Å². The Morgan fingerprint density at radius 1 is 1.17 bits per heavy atom. The molecule has 2 aliphatic heterocycles. The molecule has 0 bridgehead atoms. The van der Waals surface area contributed by atoms with E-state index in [-0.39, 0.29) is 17.2 Å². The second kappa shape index (κ2) is 6.82. The van der Waals surface area contributed by atoms with Crippen LogP contribution in [0.2, 0.25) is 0 Å². The Kier molecular flexibility index (Phi) is 4.94. The van der Waals surface area contributed by atoms with Crippen LogP contribution in [0.5, 0.6) is 0 Å². The molecule has 0 saturated carbocycles. The van der Waals surface area contributed by atoms with Gasteiger partial charge in [0.15, 0.2) is 0 Å². The Morgan fingerprint density at radius 2 is 1.88 bits per heavy atom. The quantitative estimate of drug-likeness (QED) is 0.873. The standard InChI is InChI=1S/C17H25N3O3S/c1-13(2)5-6-19-7-9-20(10-8-19)24(22,23)15-3-4-16-14(11-15)12-17(21)18-16/h3-4,11,13H,5-10,12H2,1-2H3,(H,18,21). The number of carbonyl (C=O) groups excluding carboxylic acids is 1. The Balaban J connectivity index is 1.67. The summed E-state index contributed by atoms with van der Waals surface area (Å²) in [7, 11) is -3.49. The summed E-state index contributed by atoms with van der Waals surface area (Å²) in [6.45, 7) is 8.03. The molecule has 3 rings (SSSR count). The molecule has 2 heterocycles. The number of hydrogen-bond acceptors (Lipinski definition) is 4. The summed E-state index contributed by atoms with van der Waals surface area (Å²) in [5.41, 5.74) is 1.48. The zero-order valence-corrected chi connectivity index (χ0v) is 15.1. The van der Waals surface area contributed by atoms with E-state index < -0.39 is 10.0 Å². The van der Waals surface area contributed by atoms with Gasteiger partial charge in [0.05, 0.1) is 11.3 Å². The monoisotopic (exact) mass is 351 g/mol. The number of nitrogens with one attached hydrogen (secondary N) is 1. The molecule has 0 spiro atoms. The topological polar surface area (TPSA) is 69.7 Å². The van der Waals surface area contributed by atoms with E-state index in [1.807, 2.05) is 0 Å². The number of carbonyl (C=O) groups is 1. The molecule has 0 aliphatic carbocycles. The van der Waals surface area contributed by atoms with Crippen LogP contribution in [0.15, 0.2) is 23.1 Å². The number of hydrogen-bond donors (Lipinski definition) is 1. The lowest BCUT2D eigenvalue weighted by molar-refractivity contribution is -0.115. The highest BCUT2D eigenvalue weighted by Gasteiger charge is 2.29. The summed E-state index contributed by atoms with van der Waals surface area (Å²) in [5.74, 6) is 0.577. The molecule has 1 aromatic carbocycles. The maximum Gasteiger partial charge on any atom is 0.243 e. The first-order valence-electron chi connectivity index (χ1n) is 8.51. The lowest BCUT2D eigenvalue weighted by Crippen LogP contribution is -2.48. The van der Waals surface area contributed by atoms with Crippen molar-refractivity contribution >= 4 is 21.6 Å². The van der Waals surface area contributed by atoms with Crippen LogP contribution >= 0.6 is 0 Å². The summed E-state index contributed by atoms with van der Waals surface area (Å²) in [4.78, 5) is 14.0. The van der Waals surface area contributed by atoms with Crippen molar-refractivity contribution in [3.05, 3.63) is 23.8 Å². The lowest BCUT2D eigenvalue weighted by atomic mass is 10.1. The van der Waals surface area contributed by atoms with Crippen molar-refractivity contribution < 1.29 is 13.2 Å². The molecule has 6 nitrogen and oxygen atoms in total. The van der Waals surface area contributed by atoms with Crippen LogP contribution in [0.1, 0.15) is 25.8 Å². The van der Waals surface area contributed by atoms with Gasteiger partial charge in [-0.1, -0.05) is 13.8 Å². The number of anilines is 1. The highest BCUT2D eigenvalue weighted by Crippen LogP contribution is 2.27. The highest BCUT2D eigenvalue weighted by atomic mass is 32.2. The number of piperazine rings is 1. The van der Waals surface area contributed by atoms with Crippen LogP contribution < -0.4 is 5.32 Å². The number of sulfonamides is 1. The van der Waals surface area contributed by atoms with Gasteiger partial charge in [-0.15, -0.1) is 0 Å². The predicted molar refractivity (Wildman–Crippen MR) is 93.4 cm³/mol. The van der Waals surface area contributed by atoms with Crippen LogP contribution in [0.3, 0.4) is 0 Å². The van der Waals surface area contributed by atoms with Gasteiger partial charge < -0.3 is 10.2 Å². The van der Waals surface area contributed by atoms with Crippen molar-refractivity contribution in [1.82, 2.24) is 9.21 Å².